The summed E-state index contributed by atoms with van der Waals surface area (Å²) in [6.45, 7) is 7.36. The van der Waals surface area contributed by atoms with E-state index in [2.05, 4.69) is 50.7 Å². The molecule has 0 atom stereocenters. The van der Waals surface area contributed by atoms with E-state index in [4.69, 9.17) is 0 Å². The Balaban J connectivity index is 1.55. The van der Waals surface area contributed by atoms with Crippen molar-refractivity contribution >= 4 is 28.9 Å². The van der Waals surface area contributed by atoms with E-state index in [9.17, 15) is 4.79 Å². The first-order chi connectivity index (χ1) is 14.6. The Kier molecular flexibility index (Phi) is 5.86. The van der Waals surface area contributed by atoms with Crippen molar-refractivity contribution in [2.24, 2.45) is 0 Å². The van der Waals surface area contributed by atoms with Crippen molar-refractivity contribution < 1.29 is 4.79 Å². The number of anilines is 4. The van der Waals surface area contributed by atoms with Gasteiger partial charge in [-0.05, 0) is 60.9 Å². The Hall–Kier alpha value is -3.51. The van der Waals surface area contributed by atoms with Crippen LogP contribution < -0.4 is 16.0 Å². The van der Waals surface area contributed by atoms with Gasteiger partial charge in [0.1, 0.15) is 5.82 Å². The topological polar surface area (TPSA) is 78.9 Å². The number of carbonyl (C=O) groups is 1. The van der Waals surface area contributed by atoms with Crippen LogP contribution >= 0.6 is 0 Å². The summed E-state index contributed by atoms with van der Waals surface area (Å²) < 4.78 is 0. The van der Waals surface area contributed by atoms with Crippen molar-refractivity contribution in [1.29, 1.82) is 0 Å². The standard InChI is InChI=1S/C24H25N5O/c1-3-20(30)13-17-6-4-8-19(12-17)27-23-16(2)14-26-24(29-23)28-22-9-5-7-18-15-25-11-10-21(18)22/h3-9,12,14,25H,1,10-11,13,15H2,2H3,(H2,26,27,28,29). The van der Waals surface area contributed by atoms with Crippen LogP contribution in [0.1, 0.15) is 22.3 Å². The summed E-state index contributed by atoms with van der Waals surface area (Å²) >= 11 is 0. The predicted octanol–water partition coefficient (Wildman–Crippen LogP) is 4.22. The van der Waals surface area contributed by atoms with Crippen LogP contribution in [0.15, 0.2) is 61.3 Å². The van der Waals surface area contributed by atoms with Crippen molar-refractivity contribution in [3.63, 3.8) is 0 Å². The maximum Gasteiger partial charge on any atom is 0.229 e. The smallest absolute Gasteiger partial charge is 0.229 e. The summed E-state index contributed by atoms with van der Waals surface area (Å²) in [5.41, 5.74) is 6.41. The van der Waals surface area contributed by atoms with Crippen molar-refractivity contribution in [2.45, 2.75) is 26.3 Å². The van der Waals surface area contributed by atoms with Gasteiger partial charge in [-0.25, -0.2) is 4.98 Å². The molecule has 6 nitrogen and oxygen atoms in total. The monoisotopic (exact) mass is 399 g/mol. The van der Waals surface area contributed by atoms with Crippen molar-refractivity contribution in [3.8, 4) is 0 Å². The van der Waals surface area contributed by atoms with Crippen LogP contribution in [0.3, 0.4) is 0 Å². The van der Waals surface area contributed by atoms with E-state index in [1.165, 1.54) is 17.2 Å². The number of hydrogen-bond donors (Lipinski definition) is 3. The lowest BCUT2D eigenvalue weighted by atomic mass is 9.99. The molecule has 30 heavy (non-hydrogen) atoms. The molecule has 0 fully saturated rings. The quantitative estimate of drug-likeness (QED) is 0.517. The molecule has 2 aromatic carbocycles. The second kappa shape index (κ2) is 8.88. The molecule has 1 aliphatic heterocycles. The summed E-state index contributed by atoms with van der Waals surface area (Å²) in [5.74, 6) is 1.28. The minimum Gasteiger partial charge on any atom is -0.340 e. The normalized spacial score (nSPS) is 12.7. The van der Waals surface area contributed by atoms with E-state index < -0.39 is 0 Å². The van der Waals surface area contributed by atoms with Crippen molar-refractivity contribution in [2.75, 3.05) is 17.2 Å². The Morgan fingerprint density at radius 1 is 1.23 bits per heavy atom. The van der Waals surface area contributed by atoms with E-state index >= 15 is 0 Å². The largest absolute Gasteiger partial charge is 0.340 e. The number of aryl methyl sites for hydroxylation is 1. The van der Waals surface area contributed by atoms with Gasteiger partial charge in [-0.15, -0.1) is 0 Å². The zero-order valence-corrected chi connectivity index (χ0v) is 17.0. The molecule has 1 aliphatic rings. The third-order valence-corrected chi connectivity index (χ3v) is 5.15. The minimum absolute atomic E-state index is 0.00162. The molecule has 0 aliphatic carbocycles. The molecule has 152 valence electrons. The highest BCUT2D eigenvalue weighted by Crippen LogP contribution is 2.26. The van der Waals surface area contributed by atoms with Gasteiger partial charge in [0.05, 0.1) is 0 Å². The second-order valence-corrected chi connectivity index (χ2v) is 7.39. The first-order valence-corrected chi connectivity index (χ1v) is 10.1. The lowest BCUT2D eigenvalue weighted by Gasteiger charge is -2.20. The number of fused-ring (bicyclic) bond motifs is 1. The first kappa shape index (κ1) is 19.8. The number of hydrogen-bond acceptors (Lipinski definition) is 6. The van der Waals surface area contributed by atoms with Crippen LogP contribution in [0.2, 0.25) is 0 Å². The van der Waals surface area contributed by atoms with E-state index in [0.717, 1.165) is 47.8 Å². The fraction of sp³-hybridized carbons (Fsp3) is 0.208. The van der Waals surface area contributed by atoms with Gasteiger partial charge in [0.25, 0.3) is 0 Å². The third-order valence-electron chi connectivity index (χ3n) is 5.15. The van der Waals surface area contributed by atoms with Gasteiger partial charge in [0.15, 0.2) is 5.78 Å². The number of carbonyl (C=O) groups excluding carboxylic acids is 1. The molecule has 0 radical (unpaired) electrons. The maximum atomic E-state index is 11.7. The van der Waals surface area contributed by atoms with E-state index in [0.29, 0.717) is 12.4 Å². The molecule has 0 saturated heterocycles. The second-order valence-electron chi connectivity index (χ2n) is 7.39. The Labute approximate surface area is 176 Å². The molecule has 3 aromatic rings. The molecule has 0 saturated carbocycles. The fourth-order valence-corrected chi connectivity index (χ4v) is 3.57. The lowest BCUT2D eigenvalue weighted by Crippen LogP contribution is -2.24. The zero-order chi connectivity index (χ0) is 20.9. The van der Waals surface area contributed by atoms with Gasteiger partial charge < -0.3 is 16.0 Å². The molecule has 4 rings (SSSR count). The number of benzene rings is 2. The molecule has 0 unspecified atom stereocenters. The van der Waals surface area contributed by atoms with Gasteiger partial charge in [0.2, 0.25) is 5.95 Å². The number of nitrogens with one attached hydrogen (secondary N) is 3. The average Bonchev–Trinajstić information content (AvgIpc) is 2.76. The van der Waals surface area contributed by atoms with E-state index in [-0.39, 0.29) is 5.78 Å². The predicted molar refractivity (Wildman–Crippen MR) is 121 cm³/mol. The fourth-order valence-electron chi connectivity index (χ4n) is 3.57. The van der Waals surface area contributed by atoms with E-state index in [1.54, 1.807) is 6.20 Å². The molecule has 0 amide bonds. The van der Waals surface area contributed by atoms with Crippen LogP contribution in [0.5, 0.6) is 0 Å². The number of rotatable bonds is 7. The highest BCUT2D eigenvalue weighted by atomic mass is 16.1. The Bertz CT molecular complexity index is 1090. The molecule has 2 heterocycles. The zero-order valence-electron chi connectivity index (χ0n) is 17.0. The van der Waals surface area contributed by atoms with Crippen molar-refractivity contribution in [1.82, 2.24) is 15.3 Å². The average molecular weight is 399 g/mol. The van der Waals surface area contributed by atoms with Crippen LogP contribution in [0.4, 0.5) is 23.1 Å². The number of aromatic nitrogens is 2. The minimum atomic E-state index is -0.00162. The molecular formula is C24H25N5O. The molecule has 0 bridgehead atoms. The summed E-state index contributed by atoms with van der Waals surface area (Å²) in [6.07, 6.45) is 4.47. The molecular weight excluding hydrogens is 374 g/mol. The van der Waals surface area contributed by atoms with Crippen LogP contribution in [0.25, 0.3) is 0 Å². The summed E-state index contributed by atoms with van der Waals surface area (Å²) in [6, 6.07) is 14.0. The van der Waals surface area contributed by atoms with Gasteiger partial charge in [-0.1, -0.05) is 30.8 Å². The SMILES string of the molecule is C=CC(=O)Cc1cccc(Nc2nc(Nc3cccc4c3CCNC4)ncc2C)c1. The number of allylic oxidation sites excluding steroid dienone is 1. The molecule has 3 N–H and O–H groups in total. The first-order valence-electron chi connectivity index (χ1n) is 10.1. The van der Waals surface area contributed by atoms with Crippen molar-refractivity contribution in [3.05, 3.63) is 83.6 Å². The highest BCUT2D eigenvalue weighted by Gasteiger charge is 2.14. The van der Waals surface area contributed by atoms with Gasteiger partial charge in [-0.2, -0.15) is 4.98 Å². The third kappa shape index (κ3) is 4.55. The number of ketones is 1. The Morgan fingerprint density at radius 2 is 2.10 bits per heavy atom. The Morgan fingerprint density at radius 3 is 2.97 bits per heavy atom. The lowest BCUT2D eigenvalue weighted by molar-refractivity contribution is -0.114. The molecule has 0 spiro atoms. The molecule has 6 heteroatoms. The van der Waals surface area contributed by atoms with Gasteiger partial charge in [-0.3, -0.25) is 4.79 Å². The summed E-state index contributed by atoms with van der Waals surface area (Å²) in [5, 5.41) is 10.1. The number of nitrogens with zero attached hydrogens (tertiary/aromatic N) is 2. The maximum absolute atomic E-state index is 11.7. The summed E-state index contributed by atoms with van der Waals surface area (Å²) in [4.78, 5) is 20.8. The van der Waals surface area contributed by atoms with Crippen LogP contribution in [-0.2, 0) is 24.2 Å². The van der Waals surface area contributed by atoms with E-state index in [1.807, 2.05) is 31.2 Å². The van der Waals surface area contributed by atoms with Crippen LogP contribution in [-0.4, -0.2) is 22.3 Å². The molecule has 1 aromatic heterocycles. The van der Waals surface area contributed by atoms with Gasteiger partial charge >= 0.3 is 0 Å². The highest BCUT2D eigenvalue weighted by molar-refractivity contribution is 5.91. The van der Waals surface area contributed by atoms with Crippen LogP contribution in [0, 0.1) is 6.92 Å². The summed E-state index contributed by atoms with van der Waals surface area (Å²) in [7, 11) is 0. The van der Waals surface area contributed by atoms with Gasteiger partial charge in [0, 0.05) is 36.1 Å².